The maximum absolute atomic E-state index is 11.6. The van der Waals surface area contributed by atoms with Crippen molar-refractivity contribution in [2.75, 3.05) is 6.54 Å². The fraction of sp³-hybridized carbons (Fsp3) is 0.500. The number of imidazole rings is 1. The average Bonchev–Trinajstić information content (AvgIpc) is 3.21. The van der Waals surface area contributed by atoms with Gasteiger partial charge in [-0.3, -0.25) is 4.79 Å². The van der Waals surface area contributed by atoms with Gasteiger partial charge in [0.25, 0.3) is 0 Å². The van der Waals surface area contributed by atoms with Gasteiger partial charge in [0.15, 0.2) is 5.65 Å². The number of alkyl halides is 1. The summed E-state index contributed by atoms with van der Waals surface area (Å²) in [6.45, 7) is 3.11. The van der Waals surface area contributed by atoms with E-state index in [2.05, 4.69) is 15.3 Å². The number of amides is 1. The van der Waals surface area contributed by atoms with Crippen LogP contribution in [-0.2, 0) is 11.3 Å². The third-order valence-electron chi connectivity index (χ3n) is 3.47. The number of nitrogens with one attached hydrogen (secondary N) is 1. The maximum Gasteiger partial charge on any atom is 0.223 e. The number of fused-ring (bicyclic) bond motifs is 1. The van der Waals surface area contributed by atoms with E-state index in [9.17, 15) is 4.79 Å². The minimum absolute atomic E-state index is 0.155. The van der Waals surface area contributed by atoms with Crippen LogP contribution < -0.4 is 5.32 Å². The first-order valence-electron chi connectivity index (χ1n) is 6.89. The van der Waals surface area contributed by atoms with Crippen molar-refractivity contribution in [1.82, 2.24) is 19.9 Å². The molecule has 0 spiro atoms. The Morgan fingerprint density at radius 2 is 2.40 bits per heavy atom. The van der Waals surface area contributed by atoms with Gasteiger partial charge in [0.05, 0.1) is 5.38 Å². The molecule has 0 aliphatic heterocycles. The third-order valence-corrected chi connectivity index (χ3v) is 3.67. The fourth-order valence-corrected chi connectivity index (χ4v) is 2.45. The van der Waals surface area contributed by atoms with E-state index in [1.807, 2.05) is 23.6 Å². The van der Waals surface area contributed by atoms with Gasteiger partial charge in [-0.05, 0) is 31.9 Å². The summed E-state index contributed by atoms with van der Waals surface area (Å²) in [7, 11) is 0. The van der Waals surface area contributed by atoms with Crippen LogP contribution in [0.25, 0.3) is 11.2 Å². The number of carbonyl (C=O) groups is 1. The van der Waals surface area contributed by atoms with Crippen LogP contribution in [0.5, 0.6) is 0 Å². The van der Waals surface area contributed by atoms with Gasteiger partial charge in [-0.25, -0.2) is 9.97 Å². The highest BCUT2D eigenvalue weighted by molar-refractivity contribution is 6.20. The Labute approximate surface area is 122 Å². The van der Waals surface area contributed by atoms with Crippen molar-refractivity contribution in [2.24, 2.45) is 5.92 Å². The van der Waals surface area contributed by atoms with Gasteiger partial charge in [-0.1, -0.05) is 0 Å². The highest BCUT2D eigenvalue weighted by atomic mass is 35.5. The zero-order valence-corrected chi connectivity index (χ0v) is 12.1. The molecule has 3 rings (SSSR count). The van der Waals surface area contributed by atoms with Crippen molar-refractivity contribution in [2.45, 2.75) is 31.7 Å². The highest BCUT2D eigenvalue weighted by Crippen LogP contribution is 2.28. The SMILES string of the molecule is CC(Cl)c1nc2cccnc2n1CCNC(=O)C1CC1. The molecular formula is C14H17ClN4O. The molecule has 1 unspecified atom stereocenters. The first-order valence-corrected chi connectivity index (χ1v) is 7.33. The zero-order valence-electron chi connectivity index (χ0n) is 11.3. The quantitative estimate of drug-likeness (QED) is 0.860. The van der Waals surface area contributed by atoms with Gasteiger partial charge in [0.1, 0.15) is 11.3 Å². The van der Waals surface area contributed by atoms with Gasteiger partial charge in [0.2, 0.25) is 5.91 Å². The Balaban J connectivity index is 1.77. The molecular weight excluding hydrogens is 276 g/mol. The van der Waals surface area contributed by atoms with Crippen molar-refractivity contribution < 1.29 is 4.79 Å². The minimum Gasteiger partial charge on any atom is -0.354 e. The highest BCUT2D eigenvalue weighted by Gasteiger charge is 2.29. The number of halogens is 1. The summed E-state index contributed by atoms with van der Waals surface area (Å²) in [5.74, 6) is 1.18. The molecule has 1 N–H and O–H groups in total. The zero-order chi connectivity index (χ0) is 14.1. The van der Waals surface area contributed by atoms with Crippen LogP contribution >= 0.6 is 11.6 Å². The van der Waals surface area contributed by atoms with Crippen molar-refractivity contribution in [1.29, 1.82) is 0 Å². The van der Waals surface area contributed by atoms with Crippen LogP contribution in [0, 0.1) is 5.92 Å². The number of nitrogens with zero attached hydrogens (tertiary/aromatic N) is 3. The lowest BCUT2D eigenvalue weighted by Crippen LogP contribution is -2.28. The maximum atomic E-state index is 11.6. The van der Waals surface area contributed by atoms with Crippen LogP contribution in [0.1, 0.15) is 31.0 Å². The molecule has 1 aliphatic carbocycles. The standard InChI is InChI=1S/C14H17ClN4O/c1-9(15)12-18-11-3-2-6-16-13(11)19(12)8-7-17-14(20)10-4-5-10/h2-3,6,9-10H,4-5,7-8H2,1H3,(H,17,20). The molecule has 106 valence electrons. The van der Waals surface area contributed by atoms with Gasteiger partial charge in [-0.15, -0.1) is 11.6 Å². The van der Waals surface area contributed by atoms with Crippen molar-refractivity contribution >= 4 is 28.7 Å². The summed E-state index contributed by atoms with van der Waals surface area (Å²) in [4.78, 5) is 20.5. The van der Waals surface area contributed by atoms with E-state index < -0.39 is 0 Å². The lowest BCUT2D eigenvalue weighted by atomic mass is 10.4. The summed E-state index contributed by atoms with van der Waals surface area (Å²) >= 11 is 6.18. The number of aromatic nitrogens is 3. The normalized spacial score (nSPS) is 16.3. The molecule has 5 nitrogen and oxygen atoms in total. The molecule has 2 heterocycles. The Kier molecular flexibility index (Phi) is 3.61. The molecule has 1 atom stereocenters. The van der Waals surface area contributed by atoms with E-state index in [4.69, 9.17) is 11.6 Å². The molecule has 2 aromatic heterocycles. The number of rotatable bonds is 5. The van der Waals surface area contributed by atoms with E-state index in [0.717, 1.165) is 29.8 Å². The molecule has 1 fully saturated rings. The molecule has 0 radical (unpaired) electrons. The second-order valence-corrected chi connectivity index (χ2v) is 5.80. The van der Waals surface area contributed by atoms with Gasteiger partial charge < -0.3 is 9.88 Å². The Morgan fingerprint density at radius 3 is 3.10 bits per heavy atom. The van der Waals surface area contributed by atoms with E-state index in [1.165, 1.54) is 0 Å². The van der Waals surface area contributed by atoms with Gasteiger partial charge >= 0.3 is 0 Å². The smallest absolute Gasteiger partial charge is 0.223 e. The topological polar surface area (TPSA) is 59.8 Å². The number of hydrogen-bond donors (Lipinski definition) is 1. The summed E-state index contributed by atoms with van der Waals surface area (Å²) in [5, 5.41) is 2.76. The molecule has 1 saturated carbocycles. The molecule has 20 heavy (non-hydrogen) atoms. The minimum atomic E-state index is -0.191. The summed E-state index contributed by atoms with van der Waals surface area (Å²) in [5.41, 5.74) is 1.65. The summed E-state index contributed by atoms with van der Waals surface area (Å²) in [6, 6.07) is 3.78. The van der Waals surface area contributed by atoms with Gasteiger partial charge in [-0.2, -0.15) is 0 Å². The number of hydrogen-bond acceptors (Lipinski definition) is 3. The molecule has 0 aromatic carbocycles. The Morgan fingerprint density at radius 1 is 1.60 bits per heavy atom. The summed E-state index contributed by atoms with van der Waals surface area (Å²) in [6.07, 6.45) is 3.78. The fourth-order valence-electron chi connectivity index (χ4n) is 2.28. The second kappa shape index (κ2) is 5.40. The van der Waals surface area contributed by atoms with Crippen molar-refractivity contribution in [3.63, 3.8) is 0 Å². The molecule has 2 aromatic rings. The van der Waals surface area contributed by atoms with Crippen LogP contribution in [0.3, 0.4) is 0 Å². The third kappa shape index (κ3) is 2.63. The van der Waals surface area contributed by atoms with E-state index in [0.29, 0.717) is 13.1 Å². The largest absolute Gasteiger partial charge is 0.354 e. The predicted octanol–water partition coefficient (Wildman–Crippen LogP) is 2.26. The van der Waals surface area contributed by atoms with Crippen molar-refractivity contribution in [3.8, 4) is 0 Å². The van der Waals surface area contributed by atoms with Crippen LogP contribution in [0.15, 0.2) is 18.3 Å². The molecule has 1 aliphatic rings. The predicted molar refractivity (Wildman–Crippen MR) is 77.5 cm³/mol. The lowest BCUT2D eigenvalue weighted by Gasteiger charge is -2.10. The number of pyridine rings is 1. The number of carbonyl (C=O) groups excluding carboxylic acids is 1. The van der Waals surface area contributed by atoms with Crippen molar-refractivity contribution in [3.05, 3.63) is 24.2 Å². The summed E-state index contributed by atoms with van der Waals surface area (Å²) < 4.78 is 1.99. The van der Waals surface area contributed by atoms with E-state index in [-0.39, 0.29) is 17.2 Å². The van der Waals surface area contributed by atoms with Crippen LogP contribution in [-0.4, -0.2) is 27.0 Å². The molecule has 1 amide bonds. The van der Waals surface area contributed by atoms with E-state index >= 15 is 0 Å². The average molecular weight is 293 g/mol. The molecule has 6 heteroatoms. The first-order chi connectivity index (χ1) is 9.66. The Hall–Kier alpha value is -1.62. The molecule has 0 bridgehead atoms. The monoisotopic (exact) mass is 292 g/mol. The van der Waals surface area contributed by atoms with E-state index in [1.54, 1.807) is 6.20 Å². The molecule has 0 saturated heterocycles. The van der Waals surface area contributed by atoms with Gasteiger partial charge in [0, 0.05) is 25.2 Å². The lowest BCUT2D eigenvalue weighted by molar-refractivity contribution is -0.122. The first kappa shape index (κ1) is 13.4. The Bertz CT molecular complexity index is 633. The van der Waals surface area contributed by atoms with Crippen LogP contribution in [0.2, 0.25) is 0 Å². The second-order valence-electron chi connectivity index (χ2n) is 5.15. The van der Waals surface area contributed by atoms with Crippen LogP contribution in [0.4, 0.5) is 0 Å².